The summed E-state index contributed by atoms with van der Waals surface area (Å²) >= 11 is 4.59. The van der Waals surface area contributed by atoms with E-state index in [0.717, 1.165) is 3.79 Å². The molecule has 1 aromatic heterocycles. The molecule has 0 N–H and O–H groups in total. The van der Waals surface area contributed by atoms with Crippen molar-refractivity contribution in [3.8, 4) is 0 Å². The van der Waals surface area contributed by atoms with Crippen molar-refractivity contribution in [1.82, 2.24) is 4.98 Å². The van der Waals surface area contributed by atoms with Gasteiger partial charge in [-0.05, 0) is 0 Å². The van der Waals surface area contributed by atoms with Gasteiger partial charge in [-0.3, -0.25) is 0 Å². The number of halogens is 1. The van der Waals surface area contributed by atoms with Gasteiger partial charge in [0.05, 0.1) is 0 Å². The van der Waals surface area contributed by atoms with Crippen LogP contribution >= 0.6 is 27.3 Å². The SMILES string of the molecule is O=B/C=N/c1ncc(Br)s1. The summed E-state index contributed by atoms with van der Waals surface area (Å²) in [6.45, 7) is 0. The Hall–Kier alpha value is -0.355. The van der Waals surface area contributed by atoms with E-state index in [1.807, 2.05) is 0 Å². The first-order chi connectivity index (χ1) is 4.83. The number of hydrogen-bond acceptors (Lipinski definition) is 4. The van der Waals surface area contributed by atoms with Crippen molar-refractivity contribution < 1.29 is 4.70 Å². The molecule has 1 heterocycles. The second-order valence-electron chi connectivity index (χ2n) is 1.36. The van der Waals surface area contributed by atoms with Gasteiger partial charge in [0.25, 0.3) is 0 Å². The molecule has 0 aliphatic rings. The summed E-state index contributed by atoms with van der Waals surface area (Å²) in [6.07, 6.45) is 2.81. The van der Waals surface area contributed by atoms with Gasteiger partial charge in [0.15, 0.2) is 0 Å². The minimum absolute atomic E-state index is 0.582. The molecule has 0 spiro atoms. The van der Waals surface area contributed by atoms with Crippen LogP contribution in [0.3, 0.4) is 0 Å². The van der Waals surface area contributed by atoms with E-state index in [1.54, 1.807) is 6.20 Å². The van der Waals surface area contributed by atoms with Gasteiger partial charge in [0, 0.05) is 0 Å². The van der Waals surface area contributed by atoms with Gasteiger partial charge in [-0.15, -0.1) is 0 Å². The first-order valence-corrected chi connectivity index (χ1v) is 4.03. The van der Waals surface area contributed by atoms with Crippen molar-refractivity contribution in [2.24, 2.45) is 4.99 Å². The van der Waals surface area contributed by atoms with E-state index in [4.69, 9.17) is 0 Å². The number of nitrogens with zero attached hydrogens (tertiary/aromatic N) is 2. The Labute approximate surface area is 70.6 Å². The molecule has 0 fully saturated rings. The third-order valence-corrected chi connectivity index (χ3v) is 2.10. The monoisotopic (exact) mass is 216 g/mol. The van der Waals surface area contributed by atoms with Crippen molar-refractivity contribution in [1.29, 1.82) is 0 Å². The topological polar surface area (TPSA) is 42.3 Å². The Morgan fingerprint density at radius 1 is 1.90 bits per heavy atom. The quantitative estimate of drug-likeness (QED) is 0.557. The summed E-state index contributed by atoms with van der Waals surface area (Å²) in [5.41, 5.74) is 0. The molecule has 0 amide bonds. The fourth-order valence-electron chi connectivity index (χ4n) is 0.400. The normalized spacial score (nSPS) is 10.1. The summed E-state index contributed by atoms with van der Waals surface area (Å²) in [7, 11) is 0.620. The first-order valence-electron chi connectivity index (χ1n) is 2.42. The summed E-state index contributed by atoms with van der Waals surface area (Å²) in [5.74, 6) is 0. The molecule has 0 saturated heterocycles. The molecule has 0 atom stereocenters. The van der Waals surface area contributed by atoms with Gasteiger partial charge in [-0.2, -0.15) is 0 Å². The van der Waals surface area contributed by atoms with Crippen molar-refractivity contribution in [3.63, 3.8) is 0 Å². The summed E-state index contributed by atoms with van der Waals surface area (Å²) in [4.78, 5) is 7.60. The van der Waals surface area contributed by atoms with Crippen LogP contribution in [-0.2, 0) is 4.70 Å². The summed E-state index contributed by atoms with van der Waals surface area (Å²) < 4.78 is 10.7. The van der Waals surface area contributed by atoms with Crippen molar-refractivity contribution in [3.05, 3.63) is 9.98 Å². The van der Waals surface area contributed by atoms with Crippen molar-refractivity contribution in [2.75, 3.05) is 0 Å². The predicted octanol–water partition coefficient (Wildman–Crippen LogP) is 1.62. The predicted molar refractivity (Wildman–Crippen MR) is 44.4 cm³/mol. The van der Waals surface area contributed by atoms with E-state index >= 15 is 0 Å². The summed E-state index contributed by atoms with van der Waals surface area (Å²) in [5, 5.41) is 0.582. The van der Waals surface area contributed by atoms with Gasteiger partial charge >= 0.3 is 70.3 Å². The van der Waals surface area contributed by atoms with Crippen LogP contribution in [-0.4, -0.2) is 18.2 Å². The molecule has 0 radical (unpaired) electrons. The first kappa shape index (κ1) is 7.75. The van der Waals surface area contributed by atoms with Crippen LogP contribution in [0.2, 0.25) is 0 Å². The number of aromatic nitrogens is 1. The average molecular weight is 217 g/mol. The standard InChI is InChI=1S/C4H2BBrN2OS/c6-3-1-7-4(10-3)8-2-5-9/h1-2H/b8-2+. The van der Waals surface area contributed by atoms with E-state index in [0.29, 0.717) is 12.3 Å². The number of hydrogen-bond donors (Lipinski definition) is 0. The fraction of sp³-hybridized carbons (Fsp3) is 0. The minimum atomic E-state index is 0.582. The van der Waals surface area contributed by atoms with E-state index < -0.39 is 0 Å². The van der Waals surface area contributed by atoms with Crippen LogP contribution in [0, 0.1) is 0 Å². The zero-order chi connectivity index (χ0) is 7.40. The second-order valence-corrected chi connectivity index (χ2v) is 3.75. The Morgan fingerprint density at radius 3 is 3.20 bits per heavy atom. The molecule has 0 unspecified atom stereocenters. The second kappa shape index (κ2) is 3.73. The zero-order valence-electron chi connectivity index (χ0n) is 4.82. The van der Waals surface area contributed by atoms with E-state index in [-0.39, 0.29) is 0 Å². The molecular formula is C4H2BBrN2OS. The molecule has 1 aromatic rings. The van der Waals surface area contributed by atoms with Crippen LogP contribution < -0.4 is 0 Å². The maximum atomic E-state index is 9.80. The van der Waals surface area contributed by atoms with Gasteiger partial charge in [0.2, 0.25) is 0 Å². The van der Waals surface area contributed by atoms with E-state index in [9.17, 15) is 4.70 Å². The molecule has 0 aliphatic carbocycles. The Balaban J connectivity index is 2.75. The van der Waals surface area contributed by atoms with Crippen LogP contribution in [0.25, 0.3) is 0 Å². The van der Waals surface area contributed by atoms with Crippen LogP contribution in [0.1, 0.15) is 0 Å². The molecule has 3 nitrogen and oxygen atoms in total. The Kier molecular flexibility index (Phi) is 2.89. The molecule has 50 valence electrons. The fourth-order valence-corrected chi connectivity index (χ4v) is 1.44. The Morgan fingerprint density at radius 2 is 2.70 bits per heavy atom. The molecular weight excluding hydrogens is 215 g/mol. The van der Waals surface area contributed by atoms with Crippen molar-refractivity contribution >= 4 is 45.7 Å². The average Bonchev–Trinajstić information content (AvgIpc) is 2.31. The van der Waals surface area contributed by atoms with Gasteiger partial charge in [-0.1, -0.05) is 0 Å². The molecule has 6 heteroatoms. The zero-order valence-corrected chi connectivity index (χ0v) is 7.22. The van der Waals surface area contributed by atoms with E-state index in [1.165, 1.54) is 17.5 Å². The number of thiazole rings is 1. The number of aliphatic imine (C=N–C) groups is 1. The van der Waals surface area contributed by atoms with E-state index in [2.05, 4.69) is 25.9 Å². The van der Waals surface area contributed by atoms with Gasteiger partial charge < -0.3 is 0 Å². The van der Waals surface area contributed by atoms with Crippen LogP contribution in [0.15, 0.2) is 15.0 Å². The third kappa shape index (κ3) is 2.11. The van der Waals surface area contributed by atoms with Crippen LogP contribution in [0.5, 0.6) is 0 Å². The van der Waals surface area contributed by atoms with Gasteiger partial charge in [-0.25, -0.2) is 0 Å². The molecule has 0 bridgehead atoms. The number of rotatable bonds is 2. The molecule has 0 saturated carbocycles. The third-order valence-electron chi connectivity index (χ3n) is 0.711. The van der Waals surface area contributed by atoms with Crippen LogP contribution in [0.4, 0.5) is 5.13 Å². The maximum absolute atomic E-state index is 9.80. The Bertz CT molecular complexity index is 262. The summed E-state index contributed by atoms with van der Waals surface area (Å²) in [6, 6.07) is 0. The molecule has 0 aromatic carbocycles. The molecule has 1 rings (SSSR count). The van der Waals surface area contributed by atoms with Gasteiger partial charge in [0.1, 0.15) is 0 Å². The van der Waals surface area contributed by atoms with Crippen molar-refractivity contribution in [2.45, 2.75) is 0 Å². The molecule has 10 heavy (non-hydrogen) atoms. The molecule has 0 aliphatic heterocycles.